The van der Waals surface area contributed by atoms with Gasteiger partial charge in [0.15, 0.2) is 0 Å². The van der Waals surface area contributed by atoms with Crippen LogP contribution in [0, 0.1) is 13.8 Å². The molecule has 0 spiro atoms. The Morgan fingerprint density at radius 1 is 1.07 bits per heavy atom. The minimum Gasteiger partial charge on any atom is -0.481 e. The molecule has 12 nitrogen and oxygen atoms in total. The Morgan fingerprint density at radius 3 is 2.38 bits per heavy atom. The minimum absolute atomic E-state index is 0.0111. The highest BCUT2D eigenvalue weighted by molar-refractivity contribution is 7.92. The van der Waals surface area contributed by atoms with Crippen molar-refractivity contribution in [1.82, 2.24) is 19.6 Å². The first-order valence-electron chi connectivity index (χ1n) is 13.6. The molecule has 16 heteroatoms. The third kappa shape index (κ3) is 8.27. The first-order chi connectivity index (χ1) is 21.3. The van der Waals surface area contributed by atoms with E-state index in [2.05, 4.69) is 32.8 Å². The molecule has 0 aliphatic carbocycles. The maximum atomic E-state index is 12.7. The number of para-hydroxylation sites is 1. The van der Waals surface area contributed by atoms with Crippen LogP contribution < -0.4 is 19.1 Å². The lowest BCUT2D eigenvalue weighted by Crippen LogP contribution is -2.43. The van der Waals surface area contributed by atoms with Crippen LogP contribution in [0.25, 0.3) is 5.78 Å². The number of ether oxygens (including phenoxy) is 3. The number of sulfonamides is 1. The molecule has 1 N–H and O–H groups in total. The van der Waals surface area contributed by atoms with Gasteiger partial charge in [0.25, 0.3) is 21.0 Å². The molecule has 2 heterocycles. The Balaban J connectivity index is 0.000000259. The normalized spacial score (nSPS) is 11.9. The number of nitrogens with one attached hydrogen (secondary N) is 1. The topological polar surface area (TPSA) is 137 Å². The van der Waals surface area contributed by atoms with Gasteiger partial charge in [-0.25, -0.2) is 0 Å². The van der Waals surface area contributed by atoms with E-state index in [0.717, 1.165) is 27.8 Å². The summed E-state index contributed by atoms with van der Waals surface area (Å²) in [6.07, 6.45) is 0.878. The number of methoxy groups -OCH3 is 3. The molecule has 0 saturated heterocycles. The number of carbonyl (C=O) groups excluding carboxylic acids is 1. The van der Waals surface area contributed by atoms with Gasteiger partial charge in [0.1, 0.15) is 5.88 Å². The van der Waals surface area contributed by atoms with E-state index >= 15 is 0 Å². The van der Waals surface area contributed by atoms with E-state index in [4.69, 9.17) is 49.0 Å². The van der Waals surface area contributed by atoms with E-state index < -0.39 is 15.2 Å². The predicted molar refractivity (Wildman–Crippen MR) is 176 cm³/mol. The first kappa shape index (κ1) is 36.1. The number of amides is 1. The first-order valence-corrected chi connectivity index (χ1v) is 16.4. The van der Waals surface area contributed by atoms with Crippen LogP contribution in [-0.4, -0.2) is 73.8 Å². The van der Waals surface area contributed by atoms with Crippen LogP contribution in [-0.2, 0) is 26.0 Å². The number of aryl methyl sites for hydroxylation is 3. The Hall–Kier alpha value is -3.36. The van der Waals surface area contributed by atoms with Crippen LogP contribution in [0.4, 0.5) is 11.4 Å². The van der Waals surface area contributed by atoms with E-state index in [0.29, 0.717) is 12.2 Å². The van der Waals surface area contributed by atoms with Crippen molar-refractivity contribution >= 4 is 67.9 Å². The fourth-order valence-corrected chi connectivity index (χ4v) is 6.09. The number of nitrogens with zero attached hydrogens (tertiary/aromatic N) is 5. The van der Waals surface area contributed by atoms with E-state index in [1.54, 1.807) is 25.0 Å². The van der Waals surface area contributed by atoms with Gasteiger partial charge in [-0.1, -0.05) is 54.4 Å². The molecule has 0 saturated carbocycles. The molecular weight excluding hydrogens is 667 g/mol. The molecule has 4 aromatic rings. The van der Waals surface area contributed by atoms with Crippen molar-refractivity contribution in [3.8, 4) is 11.8 Å². The lowest BCUT2D eigenvalue weighted by Gasteiger charge is -2.31. The third-order valence-corrected chi connectivity index (χ3v) is 8.75. The average Bonchev–Trinajstić information content (AvgIpc) is 3.47. The van der Waals surface area contributed by atoms with Gasteiger partial charge in [0.2, 0.25) is 17.7 Å². The van der Waals surface area contributed by atoms with Crippen molar-refractivity contribution < 1.29 is 27.4 Å². The maximum Gasteiger partial charge on any atom is 0.299 e. The number of halogens is 3. The zero-order chi connectivity index (χ0) is 33.5. The van der Waals surface area contributed by atoms with Crippen LogP contribution in [0.1, 0.15) is 30.5 Å². The maximum absolute atomic E-state index is 12.7. The molecule has 0 radical (unpaired) electrons. The second kappa shape index (κ2) is 15.8. The molecule has 0 aliphatic rings. The summed E-state index contributed by atoms with van der Waals surface area (Å²) < 4.78 is 44.1. The number of benzene rings is 2. The summed E-state index contributed by atoms with van der Waals surface area (Å²) in [7, 11) is 0.267. The molecule has 1 atom stereocenters. The summed E-state index contributed by atoms with van der Waals surface area (Å²) in [5.41, 5.74) is 3.91. The summed E-state index contributed by atoms with van der Waals surface area (Å²) in [6, 6.07) is 10.7. The van der Waals surface area contributed by atoms with Crippen LogP contribution in [0.3, 0.4) is 0 Å². The Bertz CT molecular complexity index is 1770. The summed E-state index contributed by atoms with van der Waals surface area (Å²) in [5.74, 6) is 0.278. The lowest BCUT2D eigenvalue weighted by atomic mass is 10.0. The standard InChI is InChI=1S/C15H22ClNO2.C14H13Cl2N5O4S/c1-5-13-8-6-7-11(2)15(13)17(14(18)9-16)12(3)10-19-4;1-7-4-5-8(15)12(11(7)16)20-26(22,23)14-18-13-17-9(24-2)6-10(25-3)21(13)19-14/h6-8,12H,5,9-10H2,1-4H3;4-6,20H,1-3H3. The Labute approximate surface area is 277 Å². The number of hydrogen-bond acceptors (Lipinski definition) is 9. The van der Waals surface area contributed by atoms with Gasteiger partial charge >= 0.3 is 0 Å². The molecule has 1 amide bonds. The zero-order valence-corrected chi connectivity index (χ0v) is 29.0. The molecule has 2 aromatic carbocycles. The predicted octanol–water partition coefficient (Wildman–Crippen LogP) is 5.72. The largest absolute Gasteiger partial charge is 0.481 e. The van der Waals surface area contributed by atoms with Crippen molar-refractivity contribution in [1.29, 1.82) is 0 Å². The number of fused-ring (bicyclic) bond motifs is 1. The number of rotatable bonds is 11. The van der Waals surface area contributed by atoms with Crippen LogP contribution >= 0.6 is 34.8 Å². The van der Waals surface area contributed by atoms with Crippen molar-refractivity contribution in [3.05, 3.63) is 63.1 Å². The monoisotopic (exact) mass is 700 g/mol. The van der Waals surface area contributed by atoms with E-state index in [1.807, 2.05) is 26.0 Å². The molecule has 0 bridgehead atoms. The number of alkyl halides is 1. The SMILES string of the molecule is CCc1cccc(C)c1N(C(=O)CCl)C(C)COC.COc1cc(OC)n2nc(S(=O)(=O)Nc3c(Cl)ccc(C)c3Cl)nc2n1. The van der Waals surface area contributed by atoms with Gasteiger partial charge in [-0.2, -0.15) is 22.9 Å². The van der Waals surface area contributed by atoms with Crippen molar-refractivity contribution in [3.63, 3.8) is 0 Å². The van der Waals surface area contributed by atoms with Gasteiger partial charge < -0.3 is 19.1 Å². The van der Waals surface area contributed by atoms with Gasteiger partial charge in [0.05, 0.1) is 54.4 Å². The summed E-state index contributed by atoms with van der Waals surface area (Å²) in [6.45, 7) is 8.28. The van der Waals surface area contributed by atoms with Crippen molar-refractivity contribution in [2.75, 3.05) is 43.4 Å². The molecule has 4 rings (SSSR count). The van der Waals surface area contributed by atoms with Gasteiger partial charge in [0, 0.05) is 7.11 Å². The summed E-state index contributed by atoms with van der Waals surface area (Å²) in [5, 5.41) is 3.74. The molecule has 1 unspecified atom stereocenters. The minimum atomic E-state index is -4.18. The summed E-state index contributed by atoms with van der Waals surface area (Å²) >= 11 is 18.0. The number of aromatic nitrogens is 4. The highest BCUT2D eigenvalue weighted by atomic mass is 35.5. The van der Waals surface area contributed by atoms with E-state index in [-0.39, 0.29) is 51.1 Å². The van der Waals surface area contributed by atoms with Gasteiger partial charge in [-0.3, -0.25) is 9.52 Å². The Morgan fingerprint density at radius 2 is 1.78 bits per heavy atom. The average molecular weight is 702 g/mol. The number of anilines is 2. The Kier molecular flexibility index (Phi) is 12.7. The number of carbonyl (C=O) groups is 1. The third-order valence-electron chi connectivity index (χ3n) is 6.59. The molecule has 244 valence electrons. The zero-order valence-electron chi connectivity index (χ0n) is 25.9. The second-order valence-electron chi connectivity index (χ2n) is 9.74. The molecule has 2 aromatic heterocycles. The molecular formula is C29H35Cl3N6O6S. The quantitative estimate of drug-likeness (QED) is 0.195. The molecule has 0 aliphatic heterocycles. The molecule has 0 fully saturated rings. The summed E-state index contributed by atoms with van der Waals surface area (Å²) in [4.78, 5) is 21.9. The van der Waals surface area contributed by atoms with Crippen LogP contribution in [0.15, 0.2) is 41.6 Å². The van der Waals surface area contributed by atoms with Crippen LogP contribution in [0.2, 0.25) is 10.0 Å². The van der Waals surface area contributed by atoms with E-state index in [9.17, 15) is 13.2 Å². The fraction of sp³-hybridized carbons (Fsp3) is 0.379. The highest BCUT2D eigenvalue weighted by Crippen LogP contribution is 2.34. The van der Waals surface area contributed by atoms with Crippen molar-refractivity contribution in [2.24, 2.45) is 0 Å². The van der Waals surface area contributed by atoms with Crippen molar-refractivity contribution in [2.45, 2.75) is 45.3 Å². The van der Waals surface area contributed by atoms with Gasteiger partial charge in [-0.05, 0) is 49.9 Å². The van der Waals surface area contributed by atoms with Crippen LogP contribution in [0.5, 0.6) is 11.8 Å². The lowest BCUT2D eigenvalue weighted by molar-refractivity contribution is -0.116. The van der Waals surface area contributed by atoms with Gasteiger partial charge in [-0.15, -0.1) is 16.7 Å². The highest BCUT2D eigenvalue weighted by Gasteiger charge is 2.26. The second-order valence-corrected chi connectivity index (χ2v) is 12.4. The van der Waals surface area contributed by atoms with E-state index in [1.165, 1.54) is 26.4 Å². The molecule has 45 heavy (non-hydrogen) atoms. The fourth-order valence-electron chi connectivity index (χ4n) is 4.42. The smallest absolute Gasteiger partial charge is 0.299 e. The number of hydrogen-bond donors (Lipinski definition) is 1.